The zero-order valence-electron chi connectivity index (χ0n) is 6.47. The van der Waals surface area contributed by atoms with Crippen LogP contribution in [-0.4, -0.2) is 15.9 Å². The molecule has 1 aromatic heterocycles. The van der Waals surface area contributed by atoms with E-state index in [9.17, 15) is 9.59 Å². The lowest BCUT2D eigenvalue weighted by atomic mass is 10.2. The quantitative estimate of drug-likeness (QED) is 0.535. The molecular weight excluding hydrogens is 158 g/mol. The predicted octanol–water partition coefficient (Wildman–Crippen LogP) is -0.678. The summed E-state index contributed by atoms with van der Waals surface area (Å²) in [5.41, 5.74) is 0.342. The first-order chi connectivity index (χ1) is 5.68. The van der Waals surface area contributed by atoms with Gasteiger partial charge < -0.3 is 10.3 Å². The smallest absolute Gasteiger partial charge is 0.264 e. The second-order valence-corrected chi connectivity index (χ2v) is 2.66. The lowest BCUT2D eigenvalue weighted by Gasteiger charge is -1.94. The van der Waals surface area contributed by atoms with Crippen LogP contribution in [0.15, 0.2) is 4.79 Å². The second kappa shape index (κ2) is 2.17. The molecule has 0 radical (unpaired) electrons. The van der Waals surface area contributed by atoms with Gasteiger partial charge in [-0.1, -0.05) is 0 Å². The minimum atomic E-state index is -0.354. The molecule has 5 nitrogen and oxygen atoms in total. The molecule has 2 rings (SSSR count). The van der Waals surface area contributed by atoms with Crippen LogP contribution < -0.4 is 10.9 Å². The van der Waals surface area contributed by atoms with Gasteiger partial charge in [0.1, 0.15) is 11.4 Å². The van der Waals surface area contributed by atoms with Gasteiger partial charge in [-0.05, 0) is 6.92 Å². The predicted molar refractivity (Wildman–Crippen MR) is 40.8 cm³/mol. The largest absolute Gasteiger partial charge is 0.346 e. The lowest BCUT2D eigenvalue weighted by Crippen LogP contribution is -2.21. The molecule has 1 aliphatic heterocycles. The monoisotopic (exact) mass is 165 g/mol. The van der Waals surface area contributed by atoms with Crippen molar-refractivity contribution in [2.45, 2.75) is 13.5 Å². The van der Waals surface area contributed by atoms with Crippen molar-refractivity contribution in [3.8, 4) is 0 Å². The van der Waals surface area contributed by atoms with Gasteiger partial charge in [0.25, 0.3) is 11.5 Å². The average molecular weight is 165 g/mol. The fourth-order valence-corrected chi connectivity index (χ4v) is 1.26. The topological polar surface area (TPSA) is 74.8 Å². The fourth-order valence-electron chi connectivity index (χ4n) is 1.26. The van der Waals surface area contributed by atoms with Gasteiger partial charge in [0.15, 0.2) is 0 Å². The zero-order chi connectivity index (χ0) is 8.72. The van der Waals surface area contributed by atoms with E-state index < -0.39 is 0 Å². The standard InChI is InChI=1S/C7H7N3O2/c1-3-9-4-2-8-6(11)5(4)7(12)10-3/h2H2,1H3,(H,8,11)(H,9,10,12). The Morgan fingerprint density at radius 1 is 1.42 bits per heavy atom. The van der Waals surface area contributed by atoms with Gasteiger partial charge in [0.05, 0.1) is 12.2 Å². The minimum absolute atomic E-state index is 0.153. The van der Waals surface area contributed by atoms with Crippen LogP contribution in [0.1, 0.15) is 21.9 Å². The Kier molecular flexibility index (Phi) is 1.27. The summed E-state index contributed by atoms with van der Waals surface area (Å²) in [5, 5.41) is 2.53. The number of amides is 1. The maximum Gasteiger partial charge on any atom is 0.264 e. The summed E-state index contributed by atoms with van der Waals surface area (Å²) in [6, 6.07) is 0. The summed E-state index contributed by atoms with van der Waals surface area (Å²) in [7, 11) is 0. The molecule has 0 bridgehead atoms. The van der Waals surface area contributed by atoms with Crippen molar-refractivity contribution in [1.82, 2.24) is 15.3 Å². The van der Waals surface area contributed by atoms with E-state index in [1.54, 1.807) is 6.92 Å². The molecule has 1 amide bonds. The van der Waals surface area contributed by atoms with E-state index in [0.717, 1.165) is 0 Å². The Morgan fingerprint density at radius 3 is 2.92 bits per heavy atom. The highest BCUT2D eigenvalue weighted by Crippen LogP contribution is 2.06. The number of H-pyrrole nitrogens is 1. The number of rotatable bonds is 0. The van der Waals surface area contributed by atoms with Crippen molar-refractivity contribution < 1.29 is 4.79 Å². The molecule has 0 aromatic carbocycles. The number of carbonyl (C=O) groups is 1. The first-order valence-corrected chi connectivity index (χ1v) is 3.56. The Bertz CT molecular complexity index is 408. The molecule has 62 valence electrons. The van der Waals surface area contributed by atoms with Crippen LogP contribution in [0.2, 0.25) is 0 Å². The third kappa shape index (κ3) is 0.827. The summed E-state index contributed by atoms with van der Waals surface area (Å²) >= 11 is 0. The van der Waals surface area contributed by atoms with E-state index in [1.807, 2.05) is 0 Å². The number of aromatic nitrogens is 2. The summed E-state index contributed by atoms with van der Waals surface area (Å²) < 4.78 is 0. The van der Waals surface area contributed by atoms with Crippen molar-refractivity contribution in [1.29, 1.82) is 0 Å². The van der Waals surface area contributed by atoms with Gasteiger partial charge in [-0.25, -0.2) is 4.98 Å². The zero-order valence-corrected chi connectivity index (χ0v) is 6.47. The number of hydrogen-bond donors (Lipinski definition) is 2. The summed E-state index contributed by atoms with van der Waals surface area (Å²) in [5.74, 6) is 0.203. The third-order valence-electron chi connectivity index (χ3n) is 1.76. The Balaban J connectivity index is 2.77. The van der Waals surface area contributed by atoms with Crippen LogP contribution in [0.5, 0.6) is 0 Å². The van der Waals surface area contributed by atoms with Gasteiger partial charge in [0.2, 0.25) is 0 Å². The van der Waals surface area contributed by atoms with E-state index in [4.69, 9.17) is 0 Å². The van der Waals surface area contributed by atoms with E-state index in [2.05, 4.69) is 15.3 Å². The van der Waals surface area contributed by atoms with Crippen molar-refractivity contribution in [2.75, 3.05) is 0 Å². The van der Waals surface area contributed by atoms with Gasteiger partial charge >= 0.3 is 0 Å². The minimum Gasteiger partial charge on any atom is -0.346 e. The molecule has 2 heterocycles. The second-order valence-electron chi connectivity index (χ2n) is 2.66. The molecule has 5 heteroatoms. The molecule has 0 saturated carbocycles. The summed E-state index contributed by atoms with van der Waals surface area (Å²) in [4.78, 5) is 28.7. The average Bonchev–Trinajstić information content (AvgIpc) is 2.31. The maximum absolute atomic E-state index is 11.2. The Hall–Kier alpha value is -1.65. The number of carbonyl (C=O) groups excluding carboxylic acids is 1. The highest BCUT2D eigenvalue weighted by molar-refractivity contribution is 5.97. The van der Waals surface area contributed by atoms with E-state index >= 15 is 0 Å². The van der Waals surface area contributed by atoms with E-state index in [1.165, 1.54) is 0 Å². The maximum atomic E-state index is 11.2. The highest BCUT2D eigenvalue weighted by atomic mass is 16.2. The molecule has 0 saturated heterocycles. The number of fused-ring (bicyclic) bond motifs is 1. The Labute approximate surface area is 67.8 Å². The van der Waals surface area contributed by atoms with Crippen LogP contribution in [0.25, 0.3) is 0 Å². The van der Waals surface area contributed by atoms with Crippen LogP contribution in [0, 0.1) is 6.92 Å². The summed E-state index contributed by atoms with van der Waals surface area (Å²) in [6.07, 6.45) is 0. The normalized spacial score (nSPS) is 14.2. The molecule has 0 fully saturated rings. The fraction of sp³-hybridized carbons (Fsp3) is 0.286. The molecule has 0 unspecified atom stereocenters. The summed E-state index contributed by atoms with van der Waals surface area (Å²) in [6.45, 7) is 2.05. The van der Waals surface area contributed by atoms with Crippen LogP contribution >= 0.6 is 0 Å². The van der Waals surface area contributed by atoms with Gasteiger partial charge in [-0.3, -0.25) is 9.59 Å². The molecule has 0 aliphatic carbocycles. The molecule has 0 spiro atoms. The first-order valence-electron chi connectivity index (χ1n) is 3.56. The third-order valence-corrected chi connectivity index (χ3v) is 1.76. The molecule has 1 aliphatic rings. The van der Waals surface area contributed by atoms with Crippen molar-refractivity contribution in [3.63, 3.8) is 0 Å². The molecule has 12 heavy (non-hydrogen) atoms. The SMILES string of the molecule is Cc1nc2c(c(=O)[nH]1)C(=O)NC2. The molecular formula is C7H7N3O2. The first kappa shape index (κ1) is 7.02. The van der Waals surface area contributed by atoms with Crippen molar-refractivity contribution >= 4 is 5.91 Å². The number of aryl methyl sites for hydroxylation is 1. The number of nitrogens with one attached hydrogen (secondary N) is 2. The van der Waals surface area contributed by atoms with Crippen LogP contribution in [0.3, 0.4) is 0 Å². The number of hydrogen-bond acceptors (Lipinski definition) is 3. The van der Waals surface area contributed by atoms with E-state index in [-0.39, 0.29) is 17.0 Å². The van der Waals surface area contributed by atoms with Crippen LogP contribution in [0.4, 0.5) is 0 Å². The molecule has 2 N–H and O–H groups in total. The molecule has 0 atom stereocenters. The van der Waals surface area contributed by atoms with Gasteiger partial charge in [-0.15, -0.1) is 0 Å². The number of aromatic amines is 1. The van der Waals surface area contributed by atoms with Gasteiger partial charge in [0, 0.05) is 0 Å². The van der Waals surface area contributed by atoms with E-state index in [0.29, 0.717) is 18.1 Å². The van der Waals surface area contributed by atoms with Gasteiger partial charge in [-0.2, -0.15) is 0 Å². The lowest BCUT2D eigenvalue weighted by molar-refractivity contribution is 0.0964. The highest BCUT2D eigenvalue weighted by Gasteiger charge is 2.23. The van der Waals surface area contributed by atoms with Crippen molar-refractivity contribution in [3.05, 3.63) is 27.4 Å². The number of nitrogens with zero attached hydrogens (tertiary/aromatic N) is 1. The van der Waals surface area contributed by atoms with Crippen molar-refractivity contribution in [2.24, 2.45) is 0 Å². The van der Waals surface area contributed by atoms with Crippen LogP contribution in [-0.2, 0) is 6.54 Å². The molecule has 1 aromatic rings. The Morgan fingerprint density at radius 2 is 2.17 bits per heavy atom.